The van der Waals surface area contributed by atoms with Crippen molar-refractivity contribution in [1.29, 1.82) is 0 Å². The molecule has 0 amide bonds. The van der Waals surface area contributed by atoms with Crippen LogP contribution >= 0.6 is 0 Å². The molecule has 0 fully saturated rings. The highest BCUT2D eigenvalue weighted by Crippen LogP contribution is 2.35. The molecular weight excluding hydrogens is 296 g/mol. The molecule has 2 aromatic rings. The van der Waals surface area contributed by atoms with Gasteiger partial charge in [0.2, 0.25) is 0 Å². The standard InChI is InChI=1S/C21H22N2O/c1-21(18-13-7-3-8-14-18)20(17-11-5-2-6-12-17)22-19(23-21)15-9-4-10-16-24/h2-3,5-8,11-14,16H,4,9-10,15H2,1H3. The van der Waals surface area contributed by atoms with Crippen molar-refractivity contribution in [1.82, 2.24) is 0 Å². The van der Waals surface area contributed by atoms with E-state index in [-0.39, 0.29) is 0 Å². The highest BCUT2D eigenvalue weighted by Gasteiger charge is 2.37. The normalized spacial score (nSPS) is 19.7. The number of hydrogen-bond acceptors (Lipinski definition) is 3. The summed E-state index contributed by atoms with van der Waals surface area (Å²) >= 11 is 0. The number of carbonyl (C=O) groups excluding carboxylic acids is 1. The second-order valence-electron chi connectivity index (χ2n) is 6.21. The lowest BCUT2D eigenvalue weighted by molar-refractivity contribution is -0.107. The third-order valence-corrected chi connectivity index (χ3v) is 4.41. The largest absolute Gasteiger partial charge is 0.303 e. The molecule has 0 aromatic heterocycles. The Labute approximate surface area is 143 Å². The number of hydrogen-bond donors (Lipinski definition) is 0. The summed E-state index contributed by atoms with van der Waals surface area (Å²) in [5.74, 6) is 0.881. The Morgan fingerprint density at radius 3 is 2.29 bits per heavy atom. The van der Waals surface area contributed by atoms with Gasteiger partial charge in [-0.1, -0.05) is 60.7 Å². The number of rotatable bonds is 7. The average Bonchev–Trinajstić information content (AvgIpc) is 2.98. The van der Waals surface area contributed by atoms with Crippen molar-refractivity contribution < 1.29 is 4.79 Å². The molecule has 0 saturated carbocycles. The molecule has 0 saturated heterocycles. The molecule has 1 heterocycles. The van der Waals surface area contributed by atoms with Crippen LogP contribution in [0, 0.1) is 0 Å². The van der Waals surface area contributed by atoms with Crippen molar-refractivity contribution >= 4 is 17.8 Å². The van der Waals surface area contributed by atoms with E-state index in [2.05, 4.69) is 31.2 Å². The van der Waals surface area contributed by atoms with Gasteiger partial charge in [0, 0.05) is 12.8 Å². The lowest BCUT2D eigenvalue weighted by Gasteiger charge is -2.24. The highest BCUT2D eigenvalue weighted by molar-refractivity contribution is 6.17. The van der Waals surface area contributed by atoms with Gasteiger partial charge in [-0.15, -0.1) is 0 Å². The molecule has 3 nitrogen and oxygen atoms in total. The summed E-state index contributed by atoms with van der Waals surface area (Å²) in [6, 6.07) is 20.6. The van der Waals surface area contributed by atoms with Gasteiger partial charge in [-0.05, 0) is 30.9 Å². The Morgan fingerprint density at radius 1 is 0.958 bits per heavy atom. The van der Waals surface area contributed by atoms with Crippen molar-refractivity contribution in [2.24, 2.45) is 9.98 Å². The van der Waals surface area contributed by atoms with E-state index in [9.17, 15) is 4.79 Å². The number of amidine groups is 1. The van der Waals surface area contributed by atoms with Crippen LogP contribution in [0.15, 0.2) is 70.6 Å². The van der Waals surface area contributed by atoms with Crippen LogP contribution in [0.1, 0.15) is 43.7 Å². The zero-order chi connectivity index (χ0) is 16.8. The molecule has 2 aromatic carbocycles. The van der Waals surface area contributed by atoms with E-state index in [0.29, 0.717) is 6.42 Å². The van der Waals surface area contributed by atoms with Crippen LogP contribution < -0.4 is 0 Å². The lowest BCUT2D eigenvalue weighted by Crippen LogP contribution is -2.28. The number of benzene rings is 2. The van der Waals surface area contributed by atoms with Gasteiger partial charge in [0.15, 0.2) is 0 Å². The average molecular weight is 318 g/mol. The van der Waals surface area contributed by atoms with Crippen LogP contribution in [-0.2, 0) is 10.3 Å². The first-order valence-corrected chi connectivity index (χ1v) is 8.46. The maximum Gasteiger partial charge on any atom is 0.127 e. The molecule has 1 unspecified atom stereocenters. The summed E-state index contributed by atoms with van der Waals surface area (Å²) in [5.41, 5.74) is 2.80. The van der Waals surface area contributed by atoms with E-state index in [4.69, 9.17) is 9.98 Å². The van der Waals surface area contributed by atoms with Crippen LogP contribution in [0.5, 0.6) is 0 Å². The number of aldehydes is 1. The zero-order valence-electron chi connectivity index (χ0n) is 14.0. The summed E-state index contributed by atoms with van der Waals surface area (Å²) in [7, 11) is 0. The number of unbranched alkanes of at least 4 members (excludes halogenated alkanes) is 2. The van der Waals surface area contributed by atoms with Crippen molar-refractivity contribution in [2.75, 3.05) is 0 Å². The second-order valence-corrected chi connectivity index (χ2v) is 6.21. The summed E-state index contributed by atoms with van der Waals surface area (Å²) in [6.07, 6.45) is 4.23. The van der Waals surface area contributed by atoms with Crippen LogP contribution in [-0.4, -0.2) is 17.8 Å². The molecule has 1 aliphatic rings. The smallest absolute Gasteiger partial charge is 0.127 e. The minimum Gasteiger partial charge on any atom is -0.303 e. The quantitative estimate of drug-likeness (QED) is 0.545. The van der Waals surface area contributed by atoms with Gasteiger partial charge in [0.25, 0.3) is 0 Å². The van der Waals surface area contributed by atoms with Crippen LogP contribution in [0.3, 0.4) is 0 Å². The fourth-order valence-electron chi connectivity index (χ4n) is 3.10. The third-order valence-electron chi connectivity index (χ3n) is 4.41. The molecular formula is C21H22N2O. The predicted octanol–water partition coefficient (Wildman–Crippen LogP) is 4.56. The fraction of sp³-hybridized carbons (Fsp3) is 0.286. The van der Waals surface area contributed by atoms with Crippen molar-refractivity contribution in [3.8, 4) is 0 Å². The second kappa shape index (κ2) is 7.35. The van der Waals surface area contributed by atoms with Gasteiger partial charge < -0.3 is 4.79 Å². The first-order chi connectivity index (χ1) is 11.7. The monoisotopic (exact) mass is 318 g/mol. The van der Waals surface area contributed by atoms with Gasteiger partial charge in [-0.3, -0.25) is 4.99 Å². The zero-order valence-corrected chi connectivity index (χ0v) is 14.0. The Morgan fingerprint density at radius 2 is 1.62 bits per heavy atom. The first kappa shape index (κ1) is 16.3. The third kappa shape index (κ3) is 3.35. The van der Waals surface area contributed by atoms with E-state index in [1.165, 1.54) is 0 Å². The van der Waals surface area contributed by atoms with Crippen LogP contribution in [0.4, 0.5) is 0 Å². The molecule has 1 aliphatic heterocycles. The van der Waals surface area contributed by atoms with E-state index >= 15 is 0 Å². The summed E-state index contributed by atoms with van der Waals surface area (Å²) in [4.78, 5) is 20.3. The number of carbonyl (C=O) groups is 1. The van der Waals surface area contributed by atoms with Gasteiger partial charge in [0.05, 0.1) is 5.71 Å². The Balaban J connectivity index is 1.93. The maximum atomic E-state index is 10.5. The first-order valence-electron chi connectivity index (χ1n) is 8.46. The topological polar surface area (TPSA) is 41.8 Å². The minimum atomic E-state index is -0.456. The van der Waals surface area contributed by atoms with Gasteiger partial charge in [0.1, 0.15) is 17.7 Å². The highest BCUT2D eigenvalue weighted by atomic mass is 16.1. The Bertz CT molecular complexity index is 750. The molecule has 0 radical (unpaired) electrons. The molecule has 1 atom stereocenters. The van der Waals surface area contributed by atoms with Gasteiger partial charge in [-0.2, -0.15) is 0 Å². The van der Waals surface area contributed by atoms with E-state index in [0.717, 1.165) is 48.2 Å². The molecule has 0 N–H and O–H groups in total. The molecule has 0 bridgehead atoms. The molecule has 0 spiro atoms. The Kier molecular flexibility index (Phi) is 4.99. The van der Waals surface area contributed by atoms with Crippen molar-refractivity contribution in [3.63, 3.8) is 0 Å². The fourth-order valence-corrected chi connectivity index (χ4v) is 3.10. The van der Waals surface area contributed by atoms with E-state index in [1.54, 1.807) is 0 Å². The maximum absolute atomic E-state index is 10.5. The summed E-state index contributed by atoms with van der Waals surface area (Å²) < 4.78 is 0. The predicted molar refractivity (Wildman–Crippen MR) is 98.7 cm³/mol. The molecule has 3 heteroatoms. The molecule has 3 rings (SSSR count). The van der Waals surface area contributed by atoms with Crippen molar-refractivity contribution in [2.45, 2.75) is 38.1 Å². The molecule has 24 heavy (non-hydrogen) atoms. The number of aliphatic imine (C=N–C) groups is 2. The molecule has 0 aliphatic carbocycles. The van der Waals surface area contributed by atoms with Crippen molar-refractivity contribution in [3.05, 3.63) is 71.8 Å². The van der Waals surface area contributed by atoms with Crippen LogP contribution in [0.25, 0.3) is 0 Å². The van der Waals surface area contributed by atoms with Gasteiger partial charge >= 0.3 is 0 Å². The molecule has 122 valence electrons. The minimum absolute atomic E-state index is 0.456. The number of nitrogens with zero attached hydrogens (tertiary/aromatic N) is 2. The van der Waals surface area contributed by atoms with Gasteiger partial charge in [-0.25, -0.2) is 4.99 Å². The lowest BCUT2D eigenvalue weighted by atomic mass is 9.84. The Hall–Kier alpha value is -2.55. The van der Waals surface area contributed by atoms with E-state index < -0.39 is 5.54 Å². The van der Waals surface area contributed by atoms with Crippen LogP contribution in [0.2, 0.25) is 0 Å². The SMILES string of the molecule is CC1(c2ccccc2)N=C(CCCCC=O)N=C1c1ccccc1. The van der Waals surface area contributed by atoms with E-state index in [1.807, 2.05) is 36.4 Å². The summed E-state index contributed by atoms with van der Waals surface area (Å²) in [5, 5.41) is 0. The summed E-state index contributed by atoms with van der Waals surface area (Å²) in [6.45, 7) is 2.13.